The van der Waals surface area contributed by atoms with Crippen molar-refractivity contribution in [3.63, 3.8) is 0 Å². The number of sulfonamides is 1. The second-order valence-electron chi connectivity index (χ2n) is 6.98. The average Bonchev–Trinajstić information content (AvgIpc) is 2.78. The summed E-state index contributed by atoms with van der Waals surface area (Å²) in [6.07, 6.45) is -1.85. The topological polar surface area (TPSA) is 107 Å². The molecule has 0 aliphatic heterocycles. The maximum atomic E-state index is 13.9. The number of rotatable bonds is 6. The lowest BCUT2D eigenvalue weighted by molar-refractivity contribution is -0.198. The van der Waals surface area contributed by atoms with Crippen molar-refractivity contribution in [1.82, 2.24) is 19.9 Å². The molecule has 0 spiro atoms. The van der Waals surface area contributed by atoms with E-state index in [4.69, 9.17) is 27.9 Å². The minimum Gasteiger partial charge on any atom is -0.457 e. The quantitative estimate of drug-likeness (QED) is 0.465. The highest BCUT2D eigenvalue weighted by molar-refractivity contribution is 7.96. The summed E-state index contributed by atoms with van der Waals surface area (Å²) in [5.41, 5.74) is -0.241. The molecule has 1 aliphatic carbocycles. The van der Waals surface area contributed by atoms with E-state index in [2.05, 4.69) is 24.7 Å². The highest BCUT2D eigenvalue weighted by Crippen LogP contribution is 2.39. The van der Waals surface area contributed by atoms with Gasteiger partial charge in [0.15, 0.2) is 5.65 Å². The highest BCUT2D eigenvalue weighted by Gasteiger charge is 2.44. The van der Waals surface area contributed by atoms with E-state index in [0.29, 0.717) is 6.42 Å². The standard InChI is InChI=1S/C20H14Cl2F3N5O3S/c21-12-5-1-7-14(15(12)22)34(31,32)30-18-19(29-17-13(28-18)6-3-9-27-17)33-16(20(23,24)25)11-4-2-8-26-10-11/h2-6,8-10,16H,1,7H2,(H,28,30). The summed E-state index contributed by atoms with van der Waals surface area (Å²) in [4.78, 5) is 15.5. The Morgan fingerprint density at radius 2 is 1.88 bits per heavy atom. The predicted octanol–water partition coefficient (Wildman–Crippen LogP) is 5.21. The monoisotopic (exact) mass is 531 g/mol. The third-order valence-electron chi connectivity index (χ3n) is 4.63. The van der Waals surface area contributed by atoms with Crippen molar-refractivity contribution in [2.75, 3.05) is 4.72 Å². The van der Waals surface area contributed by atoms with Gasteiger partial charge in [0.25, 0.3) is 15.9 Å². The van der Waals surface area contributed by atoms with Crippen LogP contribution >= 0.6 is 23.2 Å². The summed E-state index contributed by atoms with van der Waals surface area (Å²) < 4.78 is 75.0. The Hall–Kier alpha value is -2.96. The van der Waals surface area contributed by atoms with Gasteiger partial charge in [-0.05, 0) is 31.0 Å². The van der Waals surface area contributed by atoms with Gasteiger partial charge in [0, 0.05) is 24.2 Å². The number of hydrogen-bond donors (Lipinski definition) is 1. The SMILES string of the molecule is O=S(=O)(Nc1nc2cccnc2nc1OC(c1cccnc1)C(F)(F)F)C1=C(Cl)C(Cl)=CCC1. The Balaban J connectivity index is 1.81. The molecule has 3 aromatic rings. The van der Waals surface area contributed by atoms with Gasteiger partial charge in [0.1, 0.15) is 5.52 Å². The number of aromatic nitrogens is 4. The largest absolute Gasteiger partial charge is 0.457 e. The molecule has 1 atom stereocenters. The molecular formula is C20H14Cl2F3N5O3S. The zero-order valence-corrected chi connectivity index (χ0v) is 19.3. The molecule has 0 radical (unpaired) electrons. The minimum atomic E-state index is -4.88. The third kappa shape index (κ3) is 5.08. The molecule has 0 aromatic carbocycles. The number of alkyl halides is 3. The fourth-order valence-electron chi connectivity index (χ4n) is 3.10. The smallest absolute Gasteiger partial charge is 0.429 e. The molecule has 4 rings (SSSR count). The van der Waals surface area contributed by atoms with Crippen molar-refractivity contribution in [2.24, 2.45) is 0 Å². The van der Waals surface area contributed by atoms with Gasteiger partial charge in [-0.2, -0.15) is 18.2 Å². The van der Waals surface area contributed by atoms with Gasteiger partial charge in [-0.15, -0.1) is 0 Å². The first-order chi connectivity index (χ1) is 16.1. The van der Waals surface area contributed by atoms with Gasteiger partial charge in [0.05, 0.1) is 15.0 Å². The summed E-state index contributed by atoms with van der Waals surface area (Å²) in [5, 5.41) is -0.144. The molecule has 0 amide bonds. The molecule has 0 fully saturated rings. The summed E-state index contributed by atoms with van der Waals surface area (Å²) in [6.45, 7) is 0. The number of nitrogens with one attached hydrogen (secondary N) is 1. The predicted molar refractivity (Wildman–Crippen MR) is 120 cm³/mol. The number of anilines is 1. The Kier molecular flexibility index (Phi) is 6.65. The van der Waals surface area contributed by atoms with E-state index in [1.165, 1.54) is 36.7 Å². The zero-order valence-electron chi connectivity index (χ0n) is 16.9. The van der Waals surface area contributed by atoms with Crippen molar-refractivity contribution < 1.29 is 26.3 Å². The molecule has 34 heavy (non-hydrogen) atoms. The summed E-state index contributed by atoms with van der Waals surface area (Å²) in [5.74, 6) is -1.29. The number of pyridine rings is 2. The fraction of sp³-hybridized carbons (Fsp3) is 0.200. The molecule has 0 bridgehead atoms. The van der Waals surface area contributed by atoms with Crippen molar-refractivity contribution in [2.45, 2.75) is 25.1 Å². The third-order valence-corrected chi connectivity index (χ3v) is 7.13. The summed E-state index contributed by atoms with van der Waals surface area (Å²) in [7, 11) is -4.37. The molecule has 0 saturated heterocycles. The first-order valence-electron chi connectivity index (χ1n) is 9.60. The molecule has 178 valence electrons. The molecule has 8 nitrogen and oxygen atoms in total. The van der Waals surface area contributed by atoms with Crippen molar-refractivity contribution in [1.29, 1.82) is 0 Å². The van der Waals surface area contributed by atoms with Crippen LogP contribution in [-0.4, -0.2) is 34.5 Å². The molecule has 3 heterocycles. The van der Waals surface area contributed by atoms with E-state index in [9.17, 15) is 21.6 Å². The Labute approximate surface area is 201 Å². The normalized spacial score (nSPS) is 15.7. The maximum Gasteiger partial charge on any atom is 0.429 e. The van der Waals surface area contributed by atoms with Crippen LogP contribution in [0, 0.1) is 0 Å². The number of fused-ring (bicyclic) bond motifs is 1. The molecule has 1 unspecified atom stereocenters. The maximum absolute atomic E-state index is 13.9. The number of allylic oxidation sites excluding steroid dienone is 4. The number of ether oxygens (including phenoxy) is 1. The van der Waals surface area contributed by atoms with Crippen molar-refractivity contribution in [3.05, 3.63) is 69.5 Å². The Bertz CT molecular complexity index is 1400. The second kappa shape index (κ2) is 9.35. The van der Waals surface area contributed by atoms with Gasteiger partial charge < -0.3 is 4.74 Å². The van der Waals surface area contributed by atoms with Crippen LogP contribution in [0.1, 0.15) is 24.5 Å². The van der Waals surface area contributed by atoms with Crippen LogP contribution in [0.4, 0.5) is 19.0 Å². The van der Waals surface area contributed by atoms with Crippen LogP contribution in [-0.2, 0) is 10.0 Å². The first-order valence-corrected chi connectivity index (χ1v) is 11.8. The number of hydrogen-bond acceptors (Lipinski definition) is 7. The minimum absolute atomic E-state index is 0.0317. The zero-order chi connectivity index (χ0) is 24.5. The van der Waals surface area contributed by atoms with Crippen LogP contribution in [0.15, 0.2) is 63.9 Å². The van der Waals surface area contributed by atoms with E-state index in [1.54, 1.807) is 6.08 Å². The number of nitrogens with zero attached hydrogens (tertiary/aromatic N) is 4. The first kappa shape index (κ1) is 24.2. The van der Waals surface area contributed by atoms with Gasteiger partial charge in [0.2, 0.25) is 11.9 Å². The molecule has 3 aromatic heterocycles. The lowest BCUT2D eigenvalue weighted by atomic mass is 10.1. The van der Waals surface area contributed by atoms with Crippen molar-refractivity contribution in [3.8, 4) is 5.88 Å². The molecule has 1 aliphatic rings. The fourth-order valence-corrected chi connectivity index (χ4v) is 5.10. The van der Waals surface area contributed by atoms with Crippen LogP contribution in [0.2, 0.25) is 0 Å². The molecule has 14 heteroatoms. The van der Waals surface area contributed by atoms with Gasteiger partial charge in [-0.25, -0.2) is 18.4 Å². The Morgan fingerprint density at radius 1 is 1.12 bits per heavy atom. The van der Waals surface area contributed by atoms with Gasteiger partial charge >= 0.3 is 6.18 Å². The average molecular weight is 532 g/mol. The molecule has 0 saturated carbocycles. The van der Waals surface area contributed by atoms with Crippen LogP contribution in [0.3, 0.4) is 0 Å². The lowest BCUT2D eigenvalue weighted by Crippen LogP contribution is -2.27. The van der Waals surface area contributed by atoms with Gasteiger partial charge in [-0.3, -0.25) is 9.71 Å². The summed E-state index contributed by atoms with van der Waals surface area (Å²) >= 11 is 12.0. The Morgan fingerprint density at radius 3 is 2.59 bits per heavy atom. The van der Waals surface area contributed by atoms with Crippen LogP contribution < -0.4 is 9.46 Å². The highest BCUT2D eigenvalue weighted by atomic mass is 35.5. The van der Waals surface area contributed by atoms with Crippen molar-refractivity contribution >= 4 is 50.2 Å². The van der Waals surface area contributed by atoms with E-state index >= 15 is 0 Å². The number of halogens is 5. The van der Waals surface area contributed by atoms with Gasteiger partial charge in [-0.1, -0.05) is 35.3 Å². The van der Waals surface area contributed by atoms with Crippen LogP contribution in [0.25, 0.3) is 11.2 Å². The van der Waals surface area contributed by atoms with E-state index in [0.717, 1.165) is 6.20 Å². The summed E-state index contributed by atoms with van der Waals surface area (Å²) in [6, 6.07) is 5.45. The lowest BCUT2D eigenvalue weighted by Gasteiger charge is -2.23. The van der Waals surface area contributed by atoms with E-state index in [1.807, 2.05) is 0 Å². The van der Waals surface area contributed by atoms with E-state index < -0.39 is 34.0 Å². The second-order valence-corrected chi connectivity index (χ2v) is 9.47. The van der Waals surface area contributed by atoms with E-state index in [-0.39, 0.29) is 38.1 Å². The van der Waals surface area contributed by atoms with Crippen LogP contribution in [0.5, 0.6) is 5.88 Å². The molecule has 1 N–H and O–H groups in total. The molecular weight excluding hydrogens is 518 g/mol.